The molecule has 0 fully saturated rings. The average Bonchev–Trinajstić information content (AvgIpc) is 2.09. The van der Waals surface area contributed by atoms with Gasteiger partial charge in [0.05, 0.1) is 6.10 Å². The van der Waals surface area contributed by atoms with Gasteiger partial charge in [0, 0.05) is 10.6 Å². The first kappa shape index (κ1) is 10.5. The summed E-state index contributed by atoms with van der Waals surface area (Å²) in [6.07, 6.45) is 0.619. The summed E-state index contributed by atoms with van der Waals surface area (Å²) in [6, 6.07) is 4.22. The highest BCUT2D eigenvalue weighted by atomic mass is 35.5. The van der Waals surface area contributed by atoms with Crippen LogP contribution in [0.25, 0.3) is 0 Å². The van der Waals surface area contributed by atoms with Crippen molar-refractivity contribution in [3.63, 3.8) is 0 Å². The number of halogens is 2. The van der Waals surface area contributed by atoms with Gasteiger partial charge in [0.15, 0.2) is 0 Å². The van der Waals surface area contributed by atoms with Crippen LogP contribution in [0.15, 0.2) is 18.2 Å². The minimum atomic E-state index is -0.747. The number of rotatable bonds is 3. The van der Waals surface area contributed by atoms with E-state index in [0.29, 0.717) is 11.4 Å². The first-order valence-electron chi connectivity index (χ1n) is 4.28. The Balaban J connectivity index is 2.91. The van der Waals surface area contributed by atoms with Gasteiger partial charge in [-0.1, -0.05) is 24.9 Å². The normalized spacial score (nSPS) is 12.9. The van der Waals surface area contributed by atoms with E-state index in [9.17, 15) is 9.50 Å². The standard InChI is InChI=1S/C10H12ClFO/c1-2-3-10(13)8-6-7(11)4-5-9(8)12/h4-6,10,13H,2-3H2,1H3. The second-order valence-corrected chi connectivity index (χ2v) is 3.41. The van der Waals surface area contributed by atoms with E-state index in [1.807, 2.05) is 6.92 Å². The third kappa shape index (κ3) is 2.68. The fourth-order valence-corrected chi connectivity index (χ4v) is 1.38. The monoisotopic (exact) mass is 202 g/mol. The van der Waals surface area contributed by atoms with Crippen molar-refractivity contribution in [3.05, 3.63) is 34.6 Å². The highest BCUT2D eigenvalue weighted by Gasteiger charge is 2.11. The van der Waals surface area contributed by atoms with Crippen LogP contribution < -0.4 is 0 Å². The molecule has 1 N–H and O–H groups in total. The summed E-state index contributed by atoms with van der Waals surface area (Å²) in [4.78, 5) is 0. The average molecular weight is 203 g/mol. The molecule has 0 spiro atoms. The molecule has 72 valence electrons. The largest absolute Gasteiger partial charge is 0.388 e. The Hall–Kier alpha value is -0.600. The minimum Gasteiger partial charge on any atom is -0.388 e. The smallest absolute Gasteiger partial charge is 0.129 e. The van der Waals surface area contributed by atoms with Crippen LogP contribution >= 0.6 is 11.6 Å². The van der Waals surface area contributed by atoms with E-state index in [4.69, 9.17) is 11.6 Å². The summed E-state index contributed by atoms with van der Waals surface area (Å²) in [5.74, 6) is -0.398. The van der Waals surface area contributed by atoms with Crippen molar-refractivity contribution in [2.45, 2.75) is 25.9 Å². The zero-order valence-electron chi connectivity index (χ0n) is 7.43. The lowest BCUT2D eigenvalue weighted by Crippen LogP contribution is -1.99. The van der Waals surface area contributed by atoms with Crippen LogP contribution in [0.4, 0.5) is 4.39 Å². The van der Waals surface area contributed by atoms with Crippen LogP contribution in [0.2, 0.25) is 5.02 Å². The Labute approximate surface area is 82.2 Å². The molecule has 1 aromatic carbocycles. The summed E-state index contributed by atoms with van der Waals surface area (Å²) in [6.45, 7) is 1.94. The van der Waals surface area contributed by atoms with Gasteiger partial charge >= 0.3 is 0 Å². The molecular formula is C10H12ClFO. The van der Waals surface area contributed by atoms with Crippen LogP contribution in [0.3, 0.4) is 0 Å². The lowest BCUT2D eigenvalue weighted by molar-refractivity contribution is 0.162. The van der Waals surface area contributed by atoms with Gasteiger partial charge in [0.25, 0.3) is 0 Å². The van der Waals surface area contributed by atoms with Crippen LogP contribution in [0.5, 0.6) is 0 Å². The second-order valence-electron chi connectivity index (χ2n) is 2.97. The van der Waals surface area contributed by atoms with Crippen molar-refractivity contribution in [2.75, 3.05) is 0 Å². The predicted molar refractivity (Wildman–Crippen MR) is 51.3 cm³/mol. The quantitative estimate of drug-likeness (QED) is 0.798. The van der Waals surface area contributed by atoms with Crippen molar-refractivity contribution in [2.24, 2.45) is 0 Å². The van der Waals surface area contributed by atoms with Crippen LogP contribution in [0, 0.1) is 5.82 Å². The highest BCUT2D eigenvalue weighted by Crippen LogP contribution is 2.24. The molecule has 0 radical (unpaired) electrons. The Morgan fingerprint density at radius 2 is 2.23 bits per heavy atom. The fraction of sp³-hybridized carbons (Fsp3) is 0.400. The van der Waals surface area contributed by atoms with E-state index >= 15 is 0 Å². The summed E-state index contributed by atoms with van der Waals surface area (Å²) in [5, 5.41) is 9.98. The highest BCUT2D eigenvalue weighted by molar-refractivity contribution is 6.30. The molecule has 0 saturated heterocycles. The molecule has 0 heterocycles. The van der Waals surface area contributed by atoms with E-state index in [0.717, 1.165) is 6.42 Å². The number of benzene rings is 1. The molecule has 0 amide bonds. The van der Waals surface area contributed by atoms with Gasteiger partial charge in [-0.15, -0.1) is 0 Å². The number of hydrogen-bond acceptors (Lipinski definition) is 1. The van der Waals surface area contributed by atoms with E-state index in [-0.39, 0.29) is 5.56 Å². The van der Waals surface area contributed by atoms with E-state index in [1.165, 1.54) is 18.2 Å². The zero-order valence-corrected chi connectivity index (χ0v) is 8.18. The van der Waals surface area contributed by atoms with Gasteiger partial charge in [-0.25, -0.2) is 4.39 Å². The SMILES string of the molecule is CCCC(O)c1cc(Cl)ccc1F. The van der Waals surface area contributed by atoms with Gasteiger partial charge in [-0.05, 0) is 24.6 Å². The molecular weight excluding hydrogens is 191 g/mol. The molecule has 1 aromatic rings. The minimum absolute atomic E-state index is 0.286. The Morgan fingerprint density at radius 1 is 1.54 bits per heavy atom. The number of hydrogen-bond donors (Lipinski definition) is 1. The molecule has 1 atom stereocenters. The molecule has 3 heteroatoms. The van der Waals surface area contributed by atoms with Gasteiger partial charge in [-0.3, -0.25) is 0 Å². The summed E-state index contributed by atoms with van der Waals surface area (Å²) < 4.78 is 13.1. The van der Waals surface area contributed by atoms with Gasteiger partial charge < -0.3 is 5.11 Å². The maximum Gasteiger partial charge on any atom is 0.129 e. The number of aliphatic hydroxyl groups is 1. The molecule has 13 heavy (non-hydrogen) atoms. The van der Waals surface area contributed by atoms with Crippen LogP contribution in [0.1, 0.15) is 31.4 Å². The molecule has 0 aliphatic heterocycles. The maximum atomic E-state index is 13.1. The second kappa shape index (κ2) is 4.58. The first-order valence-corrected chi connectivity index (χ1v) is 4.66. The zero-order chi connectivity index (χ0) is 9.84. The van der Waals surface area contributed by atoms with E-state index in [1.54, 1.807) is 0 Å². The summed E-state index contributed by atoms with van der Waals surface area (Å²) in [7, 11) is 0. The van der Waals surface area contributed by atoms with Gasteiger partial charge in [-0.2, -0.15) is 0 Å². The fourth-order valence-electron chi connectivity index (χ4n) is 1.20. The predicted octanol–water partition coefficient (Wildman–Crippen LogP) is 3.31. The third-order valence-electron chi connectivity index (χ3n) is 1.88. The molecule has 0 saturated carbocycles. The van der Waals surface area contributed by atoms with Crippen molar-refractivity contribution in [1.29, 1.82) is 0 Å². The van der Waals surface area contributed by atoms with E-state index in [2.05, 4.69) is 0 Å². The molecule has 1 rings (SSSR count). The van der Waals surface area contributed by atoms with Crippen molar-refractivity contribution >= 4 is 11.6 Å². The molecule has 0 aliphatic carbocycles. The van der Waals surface area contributed by atoms with Gasteiger partial charge in [0.1, 0.15) is 5.82 Å². The molecule has 1 unspecified atom stereocenters. The molecule has 1 nitrogen and oxygen atoms in total. The maximum absolute atomic E-state index is 13.1. The third-order valence-corrected chi connectivity index (χ3v) is 2.11. The lowest BCUT2D eigenvalue weighted by Gasteiger charge is -2.10. The first-order chi connectivity index (χ1) is 6.15. The number of aliphatic hydroxyl groups excluding tert-OH is 1. The molecule has 0 aliphatic rings. The van der Waals surface area contributed by atoms with Crippen molar-refractivity contribution in [3.8, 4) is 0 Å². The van der Waals surface area contributed by atoms with Crippen molar-refractivity contribution < 1.29 is 9.50 Å². The van der Waals surface area contributed by atoms with Gasteiger partial charge in [0.2, 0.25) is 0 Å². The topological polar surface area (TPSA) is 20.2 Å². The van der Waals surface area contributed by atoms with Crippen molar-refractivity contribution in [1.82, 2.24) is 0 Å². The summed E-state index contributed by atoms with van der Waals surface area (Å²) >= 11 is 5.68. The van der Waals surface area contributed by atoms with Crippen LogP contribution in [-0.4, -0.2) is 5.11 Å². The van der Waals surface area contributed by atoms with E-state index < -0.39 is 11.9 Å². The summed E-state index contributed by atoms with van der Waals surface area (Å²) in [5.41, 5.74) is 0.286. The Kier molecular flexibility index (Phi) is 3.70. The Bertz CT molecular complexity index is 288. The van der Waals surface area contributed by atoms with Crippen LogP contribution in [-0.2, 0) is 0 Å². The molecule has 0 bridgehead atoms. The lowest BCUT2D eigenvalue weighted by atomic mass is 10.1. The Morgan fingerprint density at radius 3 is 2.85 bits per heavy atom. The molecule has 0 aromatic heterocycles.